The summed E-state index contributed by atoms with van der Waals surface area (Å²) in [5.74, 6) is 0.904. The van der Waals surface area contributed by atoms with Crippen LogP contribution < -0.4 is 5.32 Å². The summed E-state index contributed by atoms with van der Waals surface area (Å²) in [6.45, 7) is 7.67. The van der Waals surface area contributed by atoms with Gasteiger partial charge in [0.05, 0.1) is 11.5 Å². The lowest BCUT2D eigenvalue weighted by molar-refractivity contribution is -0.384. The van der Waals surface area contributed by atoms with E-state index in [2.05, 4.69) is 15.2 Å². The standard InChI is InChI=1S/C16H23N5O3/c1-3-17-16(20-10-8-19(9-11-20)13(2)22)18-12-14-4-6-15(7-5-14)21(23)24/h4-7H,3,8-12H2,1-2H3,(H,17,18). The Morgan fingerprint density at radius 1 is 1.21 bits per heavy atom. The second kappa shape index (κ2) is 8.28. The Morgan fingerprint density at radius 2 is 1.79 bits per heavy atom. The van der Waals surface area contributed by atoms with Crippen molar-refractivity contribution in [2.24, 2.45) is 4.99 Å². The normalized spacial score (nSPS) is 15.3. The van der Waals surface area contributed by atoms with Gasteiger partial charge >= 0.3 is 0 Å². The first-order chi connectivity index (χ1) is 11.5. The fourth-order valence-corrected chi connectivity index (χ4v) is 2.55. The number of piperazine rings is 1. The first kappa shape index (κ1) is 17.7. The first-order valence-corrected chi connectivity index (χ1v) is 8.03. The van der Waals surface area contributed by atoms with E-state index in [1.54, 1.807) is 19.1 Å². The molecule has 0 spiro atoms. The van der Waals surface area contributed by atoms with Crippen LogP contribution in [0.25, 0.3) is 0 Å². The molecular formula is C16H23N5O3. The van der Waals surface area contributed by atoms with Crippen LogP contribution in [0.1, 0.15) is 19.4 Å². The molecule has 1 saturated heterocycles. The molecule has 0 unspecified atom stereocenters. The Balaban J connectivity index is 2.00. The van der Waals surface area contributed by atoms with E-state index < -0.39 is 4.92 Å². The molecule has 0 bridgehead atoms. The molecule has 1 fully saturated rings. The van der Waals surface area contributed by atoms with Crippen LogP contribution in [-0.4, -0.2) is 59.3 Å². The van der Waals surface area contributed by atoms with E-state index in [4.69, 9.17) is 0 Å². The minimum absolute atomic E-state index is 0.0787. The number of nitro benzene ring substituents is 1. The average Bonchev–Trinajstić information content (AvgIpc) is 2.59. The molecule has 0 aliphatic carbocycles. The van der Waals surface area contributed by atoms with E-state index in [1.807, 2.05) is 11.8 Å². The summed E-state index contributed by atoms with van der Waals surface area (Å²) in [5, 5.41) is 13.9. The smallest absolute Gasteiger partial charge is 0.269 e. The molecule has 0 aromatic heterocycles. The molecule has 2 rings (SSSR count). The predicted molar refractivity (Wildman–Crippen MR) is 91.7 cm³/mol. The molecular weight excluding hydrogens is 310 g/mol. The number of nitro groups is 1. The van der Waals surface area contributed by atoms with E-state index in [0.717, 1.165) is 31.2 Å². The predicted octanol–water partition coefficient (Wildman–Crippen LogP) is 1.22. The van der Waals surface area contributed by atoms with Gasteiger partial charge in [0.2, 0.25) is 5.91 Å². The number of guanidine groups is 1. The third kappa shape index (κ3) is 4.68. The van der Waals surface area contributed by atoms with E-state index in [0.29, 0.717) is 19.6 Å². The molecule has 1 aromatic carbocycles. The number of nitrogens with one attached hydrogen (secondary N) is 1. The van der Waals surface area contributed by atoms with E-state index in [-0.39, 0.29) is 11.6 Å². The Morgan fingerprint density at radius 3 is 2.29 bits per heavy atom. The van der Waals surface area contributed by atoms with Gasteiger partial charge in [-0.2, -0.15) is 0 Å². The van der Waals surface area contributed by atoms with Crippen LogP contribution >= 0.6 is 0 Å². The highest BCUT2D eigenvalue weighted by atomic mass is 16.6. The van der Waals surface area contributed by atoms with Crippen molar-refractivity contribution >= 4 is 17.6 Å². The monoisotopic (exact) mass is 333 g/mol. The molecule has 1 aliphatic rings. The van der Waals surface area contributed by atoms with E-state index >= 15 is 0 Å². The summed E-state index contributed by atoms with van der Waals surface area (Å²) >= 11 is 0. The number of nitrogens with zero attached hydrogens (tertiary/aromatic N) is 4. The number of carbonyl (C=O) groups excluding carboxylic acids is 1. The zero-order valence-corrected chi connectivity index (χ0v) is 14.1. The van der Waals surface area contributed by atoms with Crippen molar-refractivity contribution < 1.29 is 9.72 Å². The minimum atomic E-state index is -0.411. The topological polar surface area (TPSA) is 91.1 Å². The molecule has 1 N–H and O–H groups in total. The van der Waals surface area contributed by atoms with Gasteiger partial charge in [-0.25, -0.2) is 4.99 Å². The third-order valence-corrected chi connectivity index (χ3v) is 3.92. The molecule has 1 aromatic rings. The Bertz CT molecular complexity index is 607. The van der Waals surface area contributed by atoms with Gasteiger partial charge in [-0.15, -0.1) is 0 Å². The third-order valence-electron chi connectivity index (χ3n) is 3.92. The largest absolute Gasteiger partial charge is 0.357 e. The maximum absolute atomic E-state index is 11.4. The Kier molecular flexibility index (Phi) is 6.11. The fourth-order valence-electron chi connectivity index (χ4n) is 2.55. The summed E-state index contributed by atoms with van der Waals surface area (Å²) in [6.07, 6.45) is 0. The first-order valence-electron chi connectivity index (χ1n) is 8.03. The van der Waals surface area contributed by atoms with Gasteiger partial charge < -0.3 is 15.1 Å². The molecule has 1 amide bonds. The van der Waals surface area contributed by atoms with Crippen molar-refractivity contribution in [3.8, 4) is 0 Å². The number of carbonyl (C=O) groups is 1. The summed E-state index contributed by atoms with van der Waals surface area (Å²) < 4.78 is 0. The van der Waals surface area contributed by atoms with Crippen LogP contribution in [0.15, 0.2) is 29.3 Å². The zero-order valence-electron chi connectivity index (χ0n) is 14.1. The van der Waals surface area contributed by atoms with Crippen molar-refractivity contribution in [2.45, 2.75) is 20.4 Å². The molecule has 0 atom stereocenters. The van der Waals surface area contributed by atoms with Crippen molar-refractivity contribution in [3.05, 3.63) is 39.9 Å². The van der Waals surface area contributed by atoms with E-state index in [9.17, 15) is 14.9 Å². The number of rotatable bonds is 4. The fraction of sp³-hybridized carbons (Fsp3) is 0.500. The highest BCUT2D eigenvalue weighted by Gasteiger charge is 2.20. The Hall–Kier alpha value is -2.64. The van der Waals surface area contributed by atoms with Crippen molar-refractivity contribution in [3.63, 3.8) is 0 Å². The van der Waals surface area contributed by atoms with Gasteiger partial charge in [0.1, 0.15) is 0 Å². The van der Waals surface area contributed by atoms with Gasteiger partial charge in [-0.05, 0) is 12.5 Å². The summed E-state index contributed by atoms with van der Waals surface area (Å²) in [5.41, 5.74) is 0.994. The summed E-state index contributed by atoms with van der Waals surface area (Å²) in [6, 6.07) is 6.42. The van der Waals surface area contributed by atoms with Crippen LogP contribution in [0.5, 0.6) is 0 Å². The van der Waals surface area contributed by atoms with Crippen molar-refractivity contribution in [1.29, 1.82) is 0 Å². The molecule has 8 heteroatoms. The van der Waals surface area contributed by atoms with Gasteiger partial charge in [0.25, 0.3) is 5.69 Å². The number of non-ortho nitro benzene ring substituents is 1. The Labute approximate surface area is 141 Å². The molecule has 24 heavy (non-hydrogen) atoms. The highest BCUT2D eigenvalue weighted by Crippen LogP contribution is 2.13. The number of amides is 1. The van der Waals surface area contributed by atoms with Crippen LogP contribution in [0.4, 0.5) is 5.69 Å². The summed E-state index contributed by atoms with van der Waals surface area (Å²) in [7, 11) is 0. The number of benzene rings is 1. The van der Waals surface area contributed by atoms with Crippen LogP contribution in [-0.2, 0) is 11.3 Å². The molecule has 1 aliphatic heterocycles. The lowest BCUT2D eigenvalue weighted by Crippen LogP contribution is -2.53. The second-order valence-corrected chi connectivity index (χ2v) is 5.59. The van der Waals surface area contributed by atoms with Gasteiger partial charge in [-0.1, -0.05) is 12.1 Å². The lowest BCUT2D eigenvalue weighted by Gasteiger charge is -2.36. The lowest BCUT2D eigenvalue weighted by atomic mass is 10.2. The molecule has 0 radical (unpaired) electrons. The minimum Gasteiger partial charge on any atom is -0.357 e. The maximum Gasteiger partial charge on any atom is 0.269 e. The number of aliphatic imine (C=N–C) groups is 1. The van der Waals surface area contributed by atoms with Crippen LogP contribution in [0, 0.1) is 10.1 Å². The van der Waals surface area contributed by atoms with Crippen LogP contribution in [0.2, 0.25) is 0 Å². The SMILES string of the molecule is CCNC(=NCc1ccc([N+](=O)[O-])cc1)N1CCN(C(C)=O)CC1. The molecule has 130 valence electrons. The quantitative estimate of drug-likeness (QED) is 0.387. The van der Waals surface area contributed by atoms with Gasteiger partial charge in [-0.3, -0.25) is 14.9 Å². The van der Waals surface area contributed by atoms with E-state index in [1.165, 1.54) is 12.1 Å². The average molecular weight is 333 g/mol. The highest BCUT2D eigenvalue weighted by molar-refractivity contribution is 5.80. The van der Waals surface area contributed by atoms with Gasteiger partial charge in [0, 0.05) is 51.8 Å². The van der Waals surface area contributed by atoms with Crippen molar-refractivity contribution in [2.75, 3.05) is 32.7 Å². The molecule has 0 saturated carbocycles. The van der Waals surface area contributed by atoms with Crippen molar-refractivity contribution in [1.82, 2.24) is 15.1 Å². The van der Waals surface area contributed by atoms with Crippen LogP contribution in [0.3, 0.4) is 0 Å². The second-order valence-electron chi connectivity index (χ2n) is 5.59. The zero-order chi connectivity index (χ0) is 17.5. The van der Waals surface area contributed by atoms with Gasteiger partial charge in [0.15, 0.2) is 5.96 Å². The summed E-state index contributed by atoms with van der Waals surface area (Å²) in [4.78, 5) is 30.2. The number of hydrogen-bond acceptors (Lipinski definition) is 4. The molecule has 1 heterocycles. The maximum atomic E-state index is 11.4. The molecule has 8 nitrogen and oxygen atoms in total. The number of hydrogen-bond donors (Lipinski definition) is 1.